The van der Waals surface area contributed by atoms with Crippen LogP contribution in [-0.4, -0.2) is 37.2 Å². The topological polar surface area (TPSA) is 80.2 Å². The molecule has 1 aliphatic heterocycles. The first-order chi connectivity index (χ1) is 18.0. The lowest BCUT2D eigenvalue weighted by molar-refractivity contribution is 0.152. The van der Waals surface area contributed by atoms with Crippen molar-refractivity contribution in [3.05, 3.63) is 87.9 Å². The molecule has 3 aromatic carbocycles. The van der Waals surface area contributed by atoms with E-state index in [9.17, 15) is 10.1 Å². The summed E-state index contributed by atoms with van der Waals surface area (Å²) in [5.41, 5.74) is 7.94. The van der Waals surface area contributed by atoms with Gasteiger partial charge in [0, 0.05) is 47.8 Å². The summed E-state index contributed by atoms with van der Waals surface area (Å²) in [5, 5.41) is 18.3. The van der Waals surface area contributed by atoms with Crippen LogP contribution in [-0.2, 0) is 0 Å². The number of hydrogen-bond donors (Lipinski definition) is 3. The van der Waals surface area contributed by atoms with Crippen molar-refractivity contribution in [1.82, 2.24) is 15.8 Å². The zero-order chi connectivity index (χ0) is 26.0. The molecule has 8 heteroatoms. The van der Waals surface area contributed by atoms with Gasteiger partial charge in [0.25, 0.3) is 0 Å². The number of urea groups is 1. The third-order valence-corrected chi connectivity index (χ3v) is 6.96. The number of carbonyl (C=O) groups excluding carboxylic acids is 1. The van der Waals surface area contributed by atoms with E-state index in [4.69, 9.17) is 23.2 Å². The third-order valence-electron chi connectivity index (χ3n) is 6.52. The number of nitrogens with zero attached hydrogens (tertiary/aromatic N) is 2. The molecule has 2 amide bonds. The van der Waals surface area contributed by atoms with Crippen molar-refractivity contribution in [3.63, 3.8) is 0 Å². The van der Waals surface area contributed by atoms with Crippen molar-refractivity contribution in [2.45, 2.75) is 31.6 Å². The first-order valence-electron chi connectivity index (χ1n) is 12.6. The fraction of sp³-hybridized carbons (Fsp3) is 0.310. The maximum Gasteiger partial charge on any atom is 0.319 e. The highest BCUT2D eigenvalue weighted by molar-refractivity contribution is 6.35. The maximum atomic E-state index is 12.6. The molecule has 6 nitrogen and oxygen atoms in total. The Balaban J connectivity index is 1.42. The van der Waals surface area contributed by atoms with Crippen molar-refractivity contribution in [1.29, 1.82) is 5.26 Å². The molecule has 0 spiro atoms. The molecule has 1 saturated heterocycles. The molecule has 1 aliphatic rings. The molecule has 37 heavy (non-hydrogen) atoms. The minimum absolute atomic E-state index is 0.116. The van der Waals surface area contributed by atoms with Gasteiger partial charge in [0.15, 0.2) is 0 Å². The van der Waals surface area contributed by atoms with Gasteiger partial charge in [-0.05, 0) is 66.3 Å². The molecule has 4 rings (SSSR count). The van der Waals surface area contributed by atoms with Crippen molar-refractivity contribution in [2.75, 3.05) is 31.5 Å². The number of halogens is 2. The molecule has 1 fully saturated rings. The van der Waals surface area contributed by atoms with E-state index in [1.54, 1.807) is 24.3 Å². The third kappa shape index (κ3) is 8.21. The van der Waals surface area contributed by atoms with Crippen LogP contribution in [0.3, 0.4) is 0 Å². The number of nitrogens with one attached hydrogen (secondary N) is 3. The molecular weight excluding hydrogens is 505 g/mol. The van der Waals surface area contributed by atoms with Gasteiger partial charge in [0.1, 0.15) is 0 Å². The van der Waals surface area contributed by atoms with Gasteiger partial charge in [-0.3, -0.25) is 5.43 Å². The molecule has 1 atom stereocenters. The minimum atomic E-state index is -0.308. The summed E-state index contributed by atoms with van der Waals surface area (Å²) in [6, 6.07) is 22.8. The molecule has 1 heterocycles. The average Bonchev–Trinajstić information content (AvgIpc) is 2.91. The molecule has 192 valence electrons. The summed E-state index contributed by atoms with van der Waals surface area (Å²) >= 11 is 12.1. The quantitative estimate of drug-likeness (QED) is 0.281. The predicted molar refractivity (Wildman–Crippen MR) is 151 cm³/mol. The zero-order valence-electron chi connectivity index (χ0n) is 20.6. The van der Waals surface area contributed by atoms with E-state index in [0.717, 1.165) is 42.7 Å². The number of amides is 2. The van der Waals surface area contributed by atoms with E-state index in [1.165, 1.54) is 19.3 Å². The smallest absolute Gasteiger partial charge is 0.319 e. The fourth-order valence-electron chi connectivity index (χ4n) is 4.57. The van der Waals surface area contributed by atoms with Crippen LogP contribution in [0.15, 0.2) is 66.7 Å². The van der Waals surface area contributed by atoms with Crippen LogP contribution in [0.5, 0.6) is 0 Å². The van der Waals surface area contributed by atoms with E-state index in [1.807, 2.05) is 18.2 Å². The summed E-state index contributed by atoms with van der Waals surface area (Å²) in [7, 11) is 0. The first-order valence-corrected chi connectivity index (χ1v) is 13.4. The van der Waals surface area contributed by atoms with Gasteiger partial charge < -0.3 is 10.6 Å². The van der Waals surface area contributed by atoms with Crippen molar-refractivity contribution in [2.24, 2.45) is 0 Å². The molecule has 0 radical (unpaired) electrons. The molecular formula is C29H31Cl2N5O. The van der Waals surface area contributed by atoms with Gasteiger partial charge in [0.05, 0.1) is 11.6 Å². The first kappa shape index (κ1) is 27.0. The van der Waals surface area contributed by atoms with Crippen LogP contribution in [0.2, 0.25) is 10.0 Å². The predicted octanol–water partition coefficient (Wildman–Crippen LogP) is 6.82. The van der Waals surface area contributed by atoms with E-state index >= 15 is 0 Å². The highest BCUT2D eigenvalue weighted by atomic mass is 35.5. The summed E-state index contributed by atoms with van der Waals surface area (Å²) in [4.78, 5) is 12.6. The SMILES string of the molecule is N#Cc1cccc(-c2ccc(C(CCNN3CCCCC3)CNC(=O)Nc3cc(Cl)cc(Cl)c3)cc2)c1. The number of anilines is 1. The summed E-state index contributed by atoms with van der Waals surface area (Å²) in [6.45, 7) is 3.45. The Morgan fingerprint density at radius 2 is 1.68 bits per heavy atom. The van der Waals surface area contributed by atoms with E-state index in [2.05, 4.69) is 51.4 Å². The Morgan fingerprint density at radius 1 is 0.946 bits per heavy atom. The second-order valence-corrected chi connectivity index (χ2v) is 10.1. The van der Waals surface area contributed by atoms with Crippen LogP contribution >= 0.6 is 23.2 Å². The number of rotatable bonds is 9. The molecule has 1 unspecified atom stereocenters. The second-order valence-electron chi connectivity index (χ2n) is 9.25. The number of hydrazine groups is 1. The highest BCUT2D eigenvalue weighted by Gasteiger charge is 2.16. The zero-order valence-corrected chi connectivity index (χ0v) is 22.2. The molecule has 0 saturated carbocycles. The standard InChI is InChI=1S/C29H31Cl2N5O/c30-26-16-27(31)18-28(17-26)35-29(37)33-20-25(11-12-34-36-13-2-1-3-14-36)23-9-7-22(8-10-23)24-6-4-5-21(15-24)19-32/h4-10,15-18,25,34H,1-3,11-14,20H2,(H2,33,35,37). The lowest BCUT2D eigenvalue weighted by Crippen LogP contribution is -2.42. The molecule has 0 aromatic heterocycles. The van der Waals surface area contributed by atoms with Crippen molar-refractivity contribution in [3.8, 4) is 17.2 Å². The van der Waals surface area contributed by atoms with Crippen LogP contribution in [0.1, 0.15) is 42.7 Å². The maximum absolute atomic E-state index is 12.6. The van der Waals surface area contributed by atoms with Crippen LogP contribution in [0, 0.1) is 11.3 Å². The second kappa shape index (κ2) is 13.5. The monoisotopic (exact) mass is 535 g/mol. The van der Waals surface area contributed by atoms with E-state index in [-0.39, 0.29) is 11.9 Å². The largest absolute Gasteiger partial charge is 0.337 e. The number of nitriles is 1. The van der Waals surface area contributed by atoms with Gasteiger partial charge in [-0.1, -0.05) is 66.0 Å². The Hall–Kier alpha value is -3.08. The van der Waals surface area contributed by atoms with E-state index < -0.39 is 0 Å². The Bertz CT molecular complexity index is 1220. The fourth-order valence-corrected chi connectivity index (χ4v) is 5.09. The summed E-state index contributed by atoms with van der Waals surface area (Å²) < 4.78 is 0. The van der Waals surface area contributed by atoms with Crippen molar-refractivity contribution >= 4 is 34.9 Å². The molecule has 3 N–H and O–H groups in total. The number of piperidine rings is 1. The molecule has 0 aliphatic carbocycles. The Kier molecular flexibility index (Phi) is 9.81. The summed E-state index contributed by atoms with van der Waals surface area (Å²) in [5.74, 6) is 0.116. The van der Waals surface area contributed by atoms with Gasteiger partial charge in [-0.25, -0.2) is 9.80 Å². The summed E-state index contributed by atoms with van der Waals surface area (Å²) in [6.07, 6.45) is 4.60. The average molecular weight is 537 g/mol. The van der Waals surface area contributed by atoms with Crippen LogP contribution < -0.4 is 16.1 Å². The van der Waals surface area contributed by atoms with Crippen LogP contribution in [0.25, 0.3) is 11.1 Å². The van der Waals surface area contributed by atoms with Crippen LogP contribution in [0.4, 0.5) is 10.5 Å². The highest BCUT2D eigenvalue weighted by Crippen LogP contribution is 2.26. The Morgan fingerprint density at radius 3 is 2.38 bits per heavy atom. The van der Waals surface area contributed by atoms with Gasteiger partial charge >= 0.3 is 6.03 Å². The molecule has 0 bridgehead atoms. The van der Waals surface area contributed by atoms with Crippen molar-refractivity contribution < 1.29 is 4.79 Å². The number of carbonyl (C=O) groups is 1. The Labute approximate surface area is 228 Å². The lowest BCUT2D eigenvalue weighted by atomic mass is 9.93. The molecule has 3 aromatic rings. The normalized spacial score (nSPS) is 14.5. The van der Waals surface area contributed by atoms with Gasteiger partial charge in [-0.2, -0.15) is 5.26 Å². The van der Waals surface area contributed by atoms with Gasteiger partial charge in [-0.15, -0.1) is 0 Å². The minimum Gasteiger partial charge on any atom is -0.337 e. The number of hydrogen-bond acceptors (Lipinski definition) is 4. The van der Waals surface area contributed by atoms with Gasteiger partial charge in [0.2, 0.25) is 0 Å². The lowest BCUT2D eigenvalue weighted by Gasteiger charge is -2.28. The number of benzene rings is 3. The van der Waals surface area contributed by atoms with E-state index in [0.29, 0.717) is 27.8 Å².